The first-order chi connectivity index (χ1) is 19.7. The number of para-hydroxylation sites is 1. The fourth-order valence-electron chi connectivity index (χ4n) is 4.91. The molecule has 0 radical (unpaired) electrons. The Labute approximate surface area is 239 Å². The van der Waals surface area contributed by atoms with E-state index in [-0.39, 0.29) is 5.97 Å². The highest BCUT2D eigenvalue weighted by atomic mass is 16.5. The van der Waals surface area contributed by atoms with Crippen molar-refractivity contribution in [2.24, 2.45) is 5.92 Å². The van der Waals surface area contributed by atoms with Gasteiger partial charge in [-0.15, -0.1) is 0 Å². The second-order valence-corrected chi connectivity index (χ2v) is 10.1. The van der Waals surface area contributed by atoms with E-state index in [1.165, 1.54) is 36.0 Å². The zero-order chi connectivity index (χ0) is 28.0. The van der Waals surface area contributed by atoms with Crippen LogP contribution in [0.1, 0.15) is 66.6 Å². The van der Waals surface area contributed by atoms with Crippen molar-refractivity contribution >= 4 is 12.0 Å². The number of carbonyl (C=O) groups excluding carboxylic acids is 1. The van der Waals surface area contributed by atoms with E-state index >= 15 is 0 Å². The molecule has 40 heavy (non-hydrogen) atoms. The molecule has 0 saturated heterocycles. The molecule has 4 aromatic rings. The van der Waals surface area contributed by atoms with Gasteiger partial charge in [-0.05, 0) is 66.1 Å². The van der Waals surface area contributed by atoms with Crippen molar-refractivity contribution in [2.75, 3.05) is 6.61 Å². The maximum atomic E-state index is 12.0. The van der Waals surface area contributed by atoms with Crippen LogP contribution >= 0.6 is 0 Å². The minimum atomic E-state index is -0.267. The van der Waals surface area contributed by atoms with E-state index < -0.39 is 0 Å². The lowest BCUT2D eigenvalue weighted by Crippen LogP contribution is -2.06. The molecule has 4 aromatic carbocycles. The largest absolute Gasteiger partial charge is 0.488 e. The molecular weight excluding hydrogens is 492 g/mol. The summed E-state index contributed by atoms with van der Waals surface area (Å²) >= 11 is 0. The number of benzene rings is 4. The van der Waals surface area contributed by atoms with Crippen molar-refractivity contribution in [1.82, 2.24) is 0 Å². The van der Waals surface area contributed by atoms with Crippen LogP contribution in [0.25, 0.3) is 17.2 Å². The second kappa shape index (κ2) is 15.5. The van der Waals surface area contributed by atoms with Gasteiger partial charge in [-0.3, -0.25) is 0 Å². The molecule has 3 heteroatoms. The maximum Gasteiger partial charge on any atom is 0.338 e. The molecule has 0 spiro atoms. The smallest absolute Gasteiger partial charge is 0.338 e. The fraction of sp³-hybridized carbons (Fsp3) is 0.270. The van der Waals surface area contributed by atoms with Crippen LogP contribution in [0.5, 0.6) is 5.75 Å². The lowest BCUT2D eigenvalue weighted by molar-refractivity contribution is 0.0526. The van der Waals surface area contributed by atoms with Gasteiger partial charge in [-0.2, -0.15) is 0 Å². The van der Waals surface area contributed by atoms with Gasteiger partial charge in [0.2, 0.25) is 0 Å². The van der Waals surface area contributed by atoms with Crippen LogP contribution in [0.15, 0.2) is 109 Å². The summed E-state index contributed by atoms with van der Waals surface area (Å²) in [5, 5.41) is 0. The molecule has 0 saturated carbocycles. The standard InChI is InChI=1S/C37H40O3/c1-3-5-7-14-29(27-30-22-25-33(26-23-30)37(38)39-4-2)21-24-32-17-11-13-20-36(32)40-28-34-18-10-12-19-35(34)31-15-8-6-9-16-31/h6,8-13,15-26,29H,3-5,7,14,27-28H2,1-2H3/b24-21+. The normalized spacial score (nSPS) is 11.8. The van der Waals surface area contributed by atoms with Crippen molar-refractivity contribution in [2.45, 2.75) is 52.6 Å². The Hall–Kier alpha value is -4.11. The van der Waals surface area contributed by atoms with Crippen molar-refractivity contribution in [3.05, 3.63) is 131 Å². The van der Waals surface area contributed by atoms with Gasteiger partial charge >= 0.3 is 5.97 Å². The molecule has 3 nitrogen and oxygen atoms in total. The third-order valence-corrected chi connectivity index (χ3v) is 7.09. The number of unbranched alkanes of at least 4 members (excludes halogenated alkanes) is 2. The number of ether oxygens (including phenoxy) is 2. The van der Waals surface area contributed by atoms with Gasteiger partial charge in [0.05, 0.1) is 12.2 Å². The monoisotopic (exact) mass is 532 g/mol. The Bertz CT molecular complexity index is 1360. The Balaban J connectivity index is 1.47. The van der Waals surface area contributed by atoms with E-state index in [0.717, 1.165) is 29.7 Å². The van der Waals surface area contributed by atoms with Gasteiger partial charge < -0.3 is 9.47 Å². The average molecular weight is 533 g/mol. The summed E-state index contributed by atoms with van der Waals surface area (Å²) < 4.78 is 11.5. The fourth-order valence-corrected chi connectivity index (χ4v) is 4.91. The molecule has 0 fully saturated rings. The third kappa shape index (κ3) is 8.44. The van der Waals surface area contributed by atoms with Gasteiger partial charge in [0.25, 0.3) is 0 Å². The summed E-state index contributed by atoms with van der Waals surface area (Å²) in [6.07, 6.45) is 10.2. The number of hydrogen-bond donors (Lipinski definition) is 0. The molecule has 0 aliphatic heterocycles. The molecule has 0 aliphatic rings. The van der Waals surface area contributed by atoms with Gasteiger partial charge in [-0.1, -0.05) is 123 Å². The first-order valence-electron chi connectivity index (χ1n) is 14.5. The van der Waals surface area contributed by atoms with E-state index in [0.29, 0.717) is 24.7 Å². The SMILES string of the molecule is CCCCCC(/C=C/c1ccccc1OCc1ccccc1-c1ccccc1)Cc1ccc(C(=O)OCC)cc1. The maximum absolute atomic E-state index is 12.0. The molecule has 206 valence electrons. The van der Waals surface area contributed by atoms with Crippen LogP contribution in [0.3, 0.4) is 0 Å². The molecule has 0 heterocycles. The van der Waals surface area contributed by atoms with Gasteiger partial charge in [0.1, 0.15) is 12.4 Å². The summed E-state index contributed by atoms with van der Waals surface area (Å²) in [4.78, 5) is 12.0. The number of esters is 1. The topological polar surface area (TPSA) is 35.5 Å². The third-order valence-electron chi connectivity index (χ3n) is 7.09. The highest BCUT2D eigenvalue weighted by Crippen LogP contribution is 2.27. The van der Waals surface area contributed by atoms with Crippen LogP contribution in [0.4, 0.5) is 0 Å². The summed E-state index contributed by atoms with van der Waals surface area (Å²) in [6.45, 7) is 4.95. The van der Waals surface area contributed by atoms with Gasteiger partial charge in [0, 0.05) is 5.56 Å². The molecule has 0 aliphatic carbocycles. The highest BCUT2D eigenvalue weighted by molar-refractivity contribution is 5.89. The first-order valence-corrected chi connectivity index (χ1v) is 14.5. The minimum absolute atomic E-state index is 0.267. The van der Waals surface area contributed by atoms with E-state index in [9.17, 15) is 4.79 Å². The number of carbonyl (C=O) groups is 1. The van der Waals surface area contributed by atoms with E-state index in [1.807, 2.05) is 49.4 Å². The summed E-state index contributed by atoms with van der Waals surface area (Å²) in [5.41, 5.74) is 6.46. The summed E-state index contributed by atoms with van der Waals surface area (Å²) in [6, 6.07) is 35.0. The zero-order valence-corrected chi connectivity index (χ0v) is 23.7. The molecule has 4 rings (SSSR count). The van der Waals surface area contributed by atoms with Gasteiger partial charge in [0.15, 0.2) is 0 Å². The molecule has 0 N–H and O–H groups in total. The molecule has 0 bridgehead atoms. The predicted molar refractivity (Wildman–Crippen MR) is 165 cm³/mol. The van der Waals surface area contributed by atoms with Crippen LogP contribution in [-0.2, 0) is 17.8 Å². The molecule has 1 atom stereocenters. The second-order valence-electron chi connectivity index (χ2n) is 10.1. The van der Waals surface area contributed by atoms with E-state index in [1.54, 1.807) is 0 Å². The van der Waals surface area contributed by atoms with Crippen molar-refractivity contribution in [1.29, 1.82) is 0 Å². The van der Waals surface area contributed by atoms with Gasteiger partial charge in [-0.25, -0.2) is 4.79 Å². The van der Waals surface area contributed by atoms with Crippen LogP contribution in [0.2, 0.25) is 0 Å². The number of rotatable bonds is 14. The first kappa shape index (κ1) is 28.9. The molecule has 0 aromatic heterocycles. The Morgan fingerprint density at radius 2 is 1.52 bits per heavy atom. The molecular formula is C37H40O3. The van der Waals surface area contributed by atoms with Crippen molar-refractivity contribution in [3.8, 4) is 16.9 Å². The zero-order valence-electron chi connectivity index (χ0n) is 23.7. The lowest BCUT2D eigenvalue weighted by Gasteiger charge is -2.15. The summed E-state index contributed by atoms with van der Waals surface area (Å²) in [7, 11) is 0. The Morgan fingerprint density at radius 3 is 2.30 bits per heavy atom. The lowest BCUT2D eigenvalue weighted by atomic mass is 9.92. The Kier molecular flexibility index (Phi) is 11.2. The Morgan fingerprint density at radius 1 is 0.800 bits per heavy atom. The van der Waals surface area contributed by atoms with Crippen molar-refractivity contribution in [3.63, 3.8) is 0 Å². The molecule has 0 amide bonds. The average Bonchev–Trinajstić information content (AvgIpc) is 3.00. The van der Waals surface area contributed by atoms with Crippen LogP contribution < -0.4 is 4.74 Å². The summed E-state index contributed by atoms with van der Waals surface area (Å²) in [5.74, 6) is 1.01. The number of hydrogen-bond acceptors (Lipinski definition) is 3. The quantitative estimate of drug-likeness (QED) is 0.120. The van der Waals surface area contributed by atoms with Crippen LogP contribution in [-0.4, -0.2) is 12.6 Å². The van der Waals surface area contributed by atoms with E-state index in [4.69, 9.17) is 9.47 Å². The highest BCUT2D eigenvalue weighted by Gasteiger charge is 2.11. The number of allylic oxidation sites excluding steroid dienone is 1. The molecule has 1 unspecified atom stereocenters. The van der Waals surface area contributed by atoms with Crippen LogP contribution in [0, 0.1) is 5.92 Å². The predicted octanol–water partition coefficient (Wildman–Crippen LogP) is 9.56. The van der Waals surface area contributed by atoms with E-state index in [2.05, 4.69) is 79.7 Å². The minimum Gasteiger partial charge on any atom is -0.488 e. The van der Waals surface area contributed by atoms with Crippen molar-refractivity contribution < 1.29 is 14.3 Å².